The fourth-order valence-electron chi connectivity index (χ4n) is 1.99. The van der Waals surface area contributed by atoms with E-state index >= 15 is 0 Å². The highest BCUT2D eigenvalue weighted by Gasteiger charge is 2.07. The first-order valence-electron chi connectivity index (χ1n) is 7.14. The van der Waals surface area contributed by atoms with E-state index < -0.39 is 0 Å². The number of aryl methyl sites for hydroxylation is 1. The van der Waals surface area contributed by atoms with Gasteiger partial charge in [-0.2, -0.15) is 0 Å². The molecule has 0 aliphatic heterocycles. The van der Waals surface area contributed by atoms with E-state index in [-0.39, 0.29) is 0 Å². The van der Waals surface area contributed by atoms with Gasteiger partial charge in [-0.05, 0) is 49.2 Å². The third kappa shape index (κ3) is 4.73. The molecule has 4 heteroatoms. The summed E-state index contributed by atoms with van der Waals surface area (Å²) in [7, 11) is 0. The molecule has 1 aromatic heterocycles. The van der Waals surface area contributed by atoms with Gasteiger partial charge in [0.05, 0.1) is 6.20 Å². The Bertz CT molecular complexity index is 599. The van der Waals surface area contributed by atoms with Crippen LogP contribution in [0.4, 0.5) is 0 Å². The Morgan fingerprint density at radius 3 is 2.76 bits per heavy atom. The first-order valence-corrected chi connectivity index (χ1v) is 7.51. The number of benzene rings is 1. The Labute approximate surface area is 131 Å². The molecule has 0 saturated heterocycles. The molecular formula is C17H21ClN2O. The Hall–Kier alpha value is -1.58. The van der Waals surface area contributed by atoms with Crippen LogP contribution < -0.4 is 10.1 Å². The number of hydrogen-bond acceptors (Lipinski definition) is 3. The Morgan fingerprint density at radius 2 is 2.05 bits per heavy atom. The van der Waals surface area contributed by atoms with Gasteiger partial charge in [0.15, 0.2) is 0 Å². The molecule has 0 atom stereocenters. The van der Waals surface area contributed by atoms with E-state index in [1.165, 1.54) is 0 Å². The molecule has 0 bridgehead atoms. The first-order chi connectivity index (χ1) is 10.1. The molecule has 0 aliphatic rings. The van der Waals surface area contributed by atoms with Crippen molar-refractivity contribution in [2.75, 3.05) is 6.54 Å². The van der Waals surface area contributed by atoms with Crippen LogP contribution in [0.3, 0.4) is 0 Å². The minimum Gasteiger partial charge on any atom is -0.455 e. The first kappa shape index (κ1) is 15.8. The Morgan fingerprint density at radius 1 is 1.24 bits per heavy atom. The van der Waals surface area contributed by atoms with Crippen LogP contribution in [0.1, 0.15) is 25.0 Å². The number of rotatable bonds is 6. The smallest absolute Gasteiger partial charge is 0.150 e. The zero-order valence-corrected chi connectivity index (χ0v) is 13.4. The second-order valence-corrected chi connectivity index (χ2v) is 5.96. The summed E-state index contributed by atoms with van der Waals surface area (Å²) in [4.78, 5) is 4.15. The SMILES string of the molecule is Cc1cc(Cl)ccc1Oc1cnccc1CNCC(C)C. The van der Waals surface area contributed by atoms with Crippen molar-refractivity contribution in [3.8, 4) is 11.5 Å². The number of pyridine rings is 1. The van der Waals surface area contributed by atoms with Crippen LogP contribution in [0.25, 0.3) is 0 Å². The van der Waals surface area contributed by atoms with E-state index in [2.05, 4.69) is 24.1 Å². The molecule has 1 aromatic carbocycles. The standard InChI is InChI=1S/C17H21ClN2O/c1-12(2)9-20-10-14-6-7-19-11-17(14)21-16-5-4-15(18)8-13(16)3/h4-8,11-12,20H,9-10H2,1-3H3. The van der Waals surface area contributed by atoms with Crippen molar-refractivity contribution in [2.45, 2.75) is 27.3 Å². The Kier molecular flexibility index (Phi) is 5.59. The summed E-state index contributed by atoms with van der Waals surface area (Å²) in [6, 6.07) is 7.59. The second-order valence-electron chi connectivity index (χ2n) is 5.52. The molecule has 0 fully saturated rings. The quantitative estimate of drug-likeness (QED) is 0.848. The molecule has 0 unspecified atom stereocenters. The van der Waals surface area contributed by atoms with Crippen molar-refractivity contribution in [3.63, 3.8) is 0 Å². The van der Waals surface area contributed by atoms with Crippen LogP contribution in [0.15, 0.2) is 36.7 Å². The number of aromatic nitrogens is 1. The number of halogens is 1. The lowest BCUT2D eigenvalue weighted by atomic mass is 10.2. The topological polar surface area (TPSA) is 34.1 Å². The van der Waals surface area contributed by atoms with Gasteiger partial charge in [0.2, 0.25) is 0 Å². The van der Waals surface area contributed by atoms with Crippen molar-refractivity contribution in [1.29, 1.82) is 0 Å². The summed E-state index contributed by atoms with van der Waals surface area (Å²) in [5, 5.41) is 4.13. The minimum absolute atomic E-state index is 0.620. The number of nitrogens with one attached hydrogen (secondary N) is 1. The van der Waals surface area contributed by atoms with Crippen LogP contribution in [0.5, 0.6) is 11.5 Å². The average Bonchev–Trinajstić information content (AvgIpc) is 2.43. The van der Waals surface area contributed by atoms with Crippen molar-refractivity contribution < 1.29 is 4.74 Å². The lowest BCUT2D eigenvalue weighted by Gasteiger charge is -2.13. The third-order valence-electron chi connectivity index (χ3n) is 3.09. The zero-order valence-electron chi connectivity index (χ0n) is 12.7. The van der Waals surface area contributed by atoms with E-state index in [0.717, 1.165) is 35.7 Å². The van der Waals surface area contributed by atoms with Crippen molar-refractivity contribution >= 4 is 11.6 Å². The summed E-state index contributed by atoms with van der Waals surface area (Å²) < 4.78 is 5.99. The molecule has 2 aromatic rings. The fourth-order valence-corrected chi connectivity index (χ4v) is 2.21. The van der Waals surface area contributed by atoms with Gasteiger partial charge in [-0.15, -0.1) is 0 Å². The largest absolute Gasteiger partial charge is 0.455 e. The molecule has 1 heterocycles. The minimum atomic E-state index is 0.620. The summed E-state index contributed by atoms with van der Waals surface area (Å²) >= 11 is 5.97. The zero-order chi connectivity index (χ0) is 15.2. The van der Waals surface area contributed by atoms with Crippen LogP contribution in [0.2, 0.25) is 5.02 Å². The number of ether oxygens (including phenoxy) is 1. The van der Waals surface area contributed by atoms with Gasteiger partial charge >= 0.3 is 0 Å². The van der Waals surface area contributed by atoms with Gasteiger partial charge in [-0.25, -0.2) is 0 Å². The molecule has 112 valence electrons. The molecule has 0 spiro atoms. The summed E-state index contributed by atoms with van der Waals surface area (Å²) in [6.07, 6.45) is 3.54. The fraction of sp³-hybridized carbons (Fsp3) is 0.353. The van der Waals surface area contributed by atoms with E-state index in [1.54, 1.807) is 12.4 Å². The van der Waals surface area contributed by atoms with E-state index in [4.69, 9.17) is 16.3 Å². The lowest BCUT2D eigenvalue weighted by Crippen LogP contribution is -2.19. The molecule has 21 heavy (non-hydrogen) atoms. The maximum Gasteiger partial charge on any atom is 0.150 e. The van der Waals surface area contributed by atoms with Gasteiger partial charge < -0.3 is 10.1 Å². The third-order valence-corrected chi connectivity index (χ3v) is 3.33. The van der Waals surface area contributed by atoms with Gasteiger partial charge in [0.1, 0.15) is 11.5 Å². The highest BCUT2D eigenvalue weighted by atomic mass is 35.5. The molecule has 0 aliphatic carbocycles. The van der Waals surface area contributed by atoms with Crippen LogP contribution >= 0.6 is 11.6 Å². The second kappa shape index (κ2) is 7.43. The van der Waals surface area contributed by atoms with E-state index in [0.29, 0.717) is 10.9 Å². The van der Waals surface area contributed by atoms with Gasteiger partial charge in [-0.3, -0.25) is 4.98 Å². The lowest BCUT2D eigenvalue weighted by molar-refractivity contribution is 0.463. The maximum absolute atomic E-state index is 5.99. The molecule has 0 amide bonds. The highest BCUT2D eigenvalue weighted by Crippen LogP contribution is 2.28. The molecule has 0 radical (unpaired) electrons. The average molecular weight is 305 g/mol. The maximum atomic E-state index is 5.99. The van der Waals surface area contributed by atoms with Gasteiger partial charge in [-0.1, -0.05) is 25.4 Å². The predicted molar refractivity (Wildman–Crippen MR) is 87.0 cm³/mol. The predicted octanol–water partition coefficient (Wildman–Crippen LogP) is 4.58. The summed E-state index contributed by atoms with van der Waals surface area (Å²) in [5.41, 5.74) is 2.10. The van der Waals surface area contributed by atoms with E-state index in [1.807, 2.05) is 31.2 Å². The molecular weight excluding hydrogens is 284 g/mol. The molecule has 3 nitrogen and oxygen atoms in total. The summed E-state index contributed by atoms with van der Waals surface area (Å²) in [5.74, 6) is 2.20. The van der Waals surface area contributed by atoms with Crippen molar-refractivity contribution in [2.24, 2.45) is 5.92 Å². The Balaban J connectivity index is 2.12. The molecule has 0 saturated carbocycles. The van der Waals surface area contributed by atoms with Crippen LogP contribution in [0, 0.1) is 12.8 Å². The van der Waals surface area contributed by atoms with Gasteiger partial charge in [0.25, 0.3) is 0 Å². The normalized spacial score (nSPS) is 10.9. The number of hydrogen-bond donors (Lipinski definition) is 1. The van der Waals surface area contributed by atoms with Crippen LogP contribution in [-0.2, 0) is 6.54 Å². The van der Waals surface area contributed by atoms with Crippen LogP contribution in [-0.4, -0.2) is 11.5 Å². The molecule has 1 N–H and O–H groups in total. The van der Waals surface area contributed by atoms with Crippen molar-refractivity contribution in [1.82, 2.24) is 10.3 Å². The highest BCUT2D eigenvalue weighted by molar-refractivity contribution is 6.30. The monoisotopic (exact) mass is 304 g/mol. The van der Waals surface area contributed by atoms with E-state index in [9.17, 15) is 0 Å². The summed E-state index contributed by atoms with van der Waals surface area (Å²) in [6.45, 7) is 8.10. The number of nitrogens with zero attached hydrogens (tertiary/aromatic N) is 1. The molecule has 2 rings (SSSR count). The van der Waals surface area contributed by atoms with Gasteiger partial charge in [0, 0.05) is 23.3 Å². The van der Waals surface area contributed by atoms with Crippen molar-refractivity contribution in [3.05, 3.63) is 52.8 Å².